The van der Waals surface area contributed by atoms with E-state index in [1.807, 2.05) is 0 Å². The first-order valence-corrected chi connectivity index (χ1v) is 13.0. The highest BCUT2D eigenvalue weighted by Crippen LogP contribution is 2.34. The first-order valence-electron chi connectivity index (χ1n) is 12.2. The van der Waals surface area contributed by atoms with Crippen molar-refractivity contribution in [1.82, 2.24) is 24.1 Å². The fraction of sp³-hybridized carbons (Fsp3) is 0.385. The molecule has 0 fully saturated rings. The third-order valence-electron chi connectivity index (χ3n) is 6.52. The average molecular weight is 571 g/mol. The van der Waals surface area contributed by atoms with Crippen LogP contribution in [0.5, 0.6) is 5.75 Å². The number of aromatic nitrogens is 5. The molecule has 4 rings (SSSR count). The lowest BCUT2D eigenvalue weighted by Gasteiger charge is -2.26. The van der Waals surface area contributed by atoms with E-state index in [1.165, 1.54) is 60.9 Å². The second kappa shape index (κ2) is 11.0. The molecule has 0 amide bonds. The van der Waals surface area contributed by atoms with Crippen molar-refractivity contribution in [2.24, 2.45) is 5.92 Å². The summed E-state index contributed by atoms with van der Waals surface area (Å²) < 4.78 is 27.8. The number of hydrogen-bond donors (Lipinski definition) is 1. The number of benzene rings is 1. The van der Waals surface area contributed by atoms with Gasteiger partial charge in [0.1, 0.15) is 33.0 Å². The standard InChI is InChI=1S/C26H27FN6O6S/c1-14(11-28)13-39-19(17-10-16(27)6-7-18(17)38-5)12-31-23-20(15(2)22(40-23)33-29-8-9-30-33)21(34)32(25(31)37)26(3,4)24(35)36/h6-10,14,19H,12-13H2,1-5H3,(H,35,36)/t14-,19+/m1/s1. The number of carboxylic acids is 1. The number of thiophene rings is 1. The van der Waals surface area contributed by atoms with Gasteiger partial charge in [-0.15, -0.1) is 4.80 Å². The Bertz CT molecular complexity index is 1730. The number of carbonyl (C=O) groups is 1. The minimum Gasteiger partial charge on any atom is -0.496 e. The number of methoxy groups -OCH3 is 1. The van der Waals surface area contributed by atoms with Gasteiger partial charge in [-0.3, -0.25) is 9.36 Å². The highest BCUT2D eigenvalue weighted by atomic mass is 32.1. The van der Waals surface area contributed by atoms with Crippen LogP contribution in [-0.2, 0) is 21.6 Å². The Balaban J connectivity index is 2.04. The quantitative estimate of drug-likeness (QED) is 0.303. The van der Waals surface area contributed by atoms with Crippen molar-refractivity contribution in [3.05, 3.63) is 68.4 Å². The van der Waals surface area contributed by atoms with Crippen molar-refractivity contribution in [1.29, 1.82) is 5.26 Å². The Morgan fingerprint density at radius 2 is 1.95 bits per heavy atom. The number of ether oxygens (including phenoxy) is 2. The third-order valence-corrected chi connectivity index (χ3v) is 7.81. The van der Waals surface area contributed by atoms with Gasteiger partial charge in [0.2, 0.25) is 0 Å². The van der Waals surface area contributed by atoms with Crippen LogP contribution in [0.4, 0.5) is 4.39 Å². The summed E-state index contributed by atoms with van der Waals surface area (Å²) in [5.74, 6) is -2.21. The van der Waals surface area contributed by atoms with E-state index in [4.69, 9.17) is 9.47 Å². The van der Waals surface area contributed by atoms with Crippen LogP contribution in [0.25, 0.3) is 15.2 Å². The maximum Gasteiger partial charge on any atom is 0.333 e. The van der Waals surface area contributed by atoms with E-state index >= 15 is 0 Å². The van der Waals surface area contributed by atoms with Gasteiger partial charge in [-0.05, 0) is 45.9 Å². The van der Waals surface area contributed by atoms with E-state index in [-0.39, 0.29) is 34.7 Å². The Labute approximate surface area is 231 Å². The molecule has 210 valence electrons. The number of fused-ring (bicyclic) bond motifs is 1. The van der Waals surface area contributed by atoms with Crippen LogP contribution in [0.1, 0.15) is 38.0 Å². The Morgan fingerprint density at radius 3 is 2.55 bits per heavy atom. The van der Waals surface area contributed by atoms with Gasteiger partial charge in [0.25, 0.3) is 5.56 Å². The normalized spacial score (nSPS) is 13.2. The summed E-state index contributed by atoms with van der Waals surface area (Å²) in [5, 5.41) is 28.1. The van der Waals surface area contributed by atoms with E-state index in [2.05, 4.69) is 16.3 Å². The molecule has 2 atom stereocenters. The first kappa shape index (κ1) is 28.7. The predicted molar refractivity (Wildman–Crippen MR) is 143 cm³/mol. The Kier molecular flexibility index (Phi) is 7.90. The molecule has 1 aromatic carbocycles. The molecule has 4 aromatic rings. The van der Waals surface area contributed by atoms with Crippen LogP contribution < -0.4 is 16.0 Å². The topological polar surface area (TPSA) is 154 Å². The van der Waals surface area contributed by atoms with E-state index in [1.54, 1.807) is 13.8 Å². The second-order valence-corrected chi connectivity index (χ2v) is 10.6. The number of halogens is 1. The second-order valence-electron chi connectivity index (χ2n) is 9.67. The molecule has 12 nitrogen and oxygen atoms in total. The lowest BCUT2D eigenvalue weighted by molar-refractivity contribution is -0.146. The molecule has 3 heterocycles. The van der Waals surface area contributed by atoms with Gasteiger partial charge < -0.3 is 14.6 Å². The smallest absolute Gasteiger partial charge is 0.333 e. The van der Waals surface area contributed by atoms with E-state index in [0.717, 1.165) is 11.3 Å². The van der Waals surface area contributed by atoms with Crippen LogP contribution in [0.3, 0.4) is 0 Å². The number of carboxylic acid groups (broad SMARTS) is 1. The molecule has 0 aliphatic carbocycles. The third kappa shape index (κ3) is 5.01. The molecular formula is C26H27FN6O6S. The fourth-order valence-electron chi connectivity index (χ4n) is 4.26. The Morgan fingerprint density at radius 1 is 1.27 bits per heavy atom. The van der Waals surface area contributed by atoms with Crippen LogP contribution in [0.15, 0.2) is 40.2 Å². The van der Waals surface area contributed by atoms with E-state index in [0.29, 0.717) is 15.1 Å². The molecule has 40 heavy (non-hydrogen) atoms. The number of nitrogens with zero attached hydrogens (tertiary/aromatic N) is 6. The molecule has 0 aliphatic rings. The zero-order valence-corrected chi connectivity index (χ0v) is 23.2. The van der Waals surface area contributed by atoms with Crippen molar-refractivity contribution in [3.8, 4) is 16.8 Å². The molecule has 3 aromatic heterocycles. The SMILES string of the molecule is COc1ccc(F)cc1[C@H](Cn1c(=O)n(C(C)(C)C(=O)O)c(=O)c2c(C)c(-n3nccn3)sc21)OC[C@H](C)C#N. The fourth-order valence-corrected chi connectivity index (χ4v) is 5.48. The molecule has 0 unspecified atom stereocenters. The van der Waals surface area contributed by atoms with Gasteiger partial charge in [-0.2, -0.15) is 15.5 Å². The number of aliphatic carboxylic acids is 1. The maximum atomic E-state index is 14.4. The van der Waals surface area contributed by atoms with Crippen molar-refractivity contribution >= 4 is 27.5 Å². The lowest BCUT2D eigenvalue weighted by atomic mass is 10.1. The molecule has 0 saturated carbocycles. The maximum absolute atomic E-state index is 14.4. The summed E-state index contributed by atoms with van der Waals surface area (Å²) in [6.45, 7) is 5.50. The molecule has 14 heteroatoms. The van der Waals surface area contributed by atoms with Gasteiger partial charge >= 0.3 is 11.7 Å². The monoisotopic (exact) mass is 570 g/mol. The molecule has 0 radical (unpaired) electrons. The highest BCUT2D eigenvalue weighted by Gasteiger charge is 2.36. The van der Waals surface area contributed by atoms with Crippen molar-refractivity contribution in [2.45, 2.75) is 45.9 Å². The molecule has 0 spiro atoms. The largest absolute Gasteiger partial charge is 0.496 e. The Hall–Kier alpha value is -4.35. The number of nitriles is 1. The van der Waals surface area contributed by atoms with Gasteiger partial charge in [-0.1, -0.05) is 11.3 Å². The van der Waals surface area contributed by atoms with Gasteiger partial charge in [-0.25, -0.2) is 18.5 Å². The van der Waals surface area contributed by atoms with E-state index in [9.17, 15) is 29.1 Å². The van der Waals surface area contributed by atoms with Crippen molar-refractivity contribution in [2.75, 3.05) is 13.7 Å². The van der Waals surface area contributed by atoms with Crippen LogP contribution >= 0.6 is 11.3 Å². The van der Waals surface area contributed by atoms with Gasteiger partial charge in [0, 0.05) is 11.1 Å². The average Bonchev–Trinajstić information content (AvgIpc) is 3.56. The molecular weight excluding hydrogens is 543 g/mol. The predicted octanol–water partition coefficient (Wildman–Crippen LogP) is 3.00. The first-order chi connectivity index (χ1) is 18.9. The zero-order chi connectivity index (χ0) is 29.4. The summed E-state index contributed by atoms with van der Waals surface area (Å²) >= 11 is 1.07. The van der Waals surface area contributed by atoms with E-state index < -0.39 is 40.6 Å². The highest BCUT2D eigenvalue weighted by molar-refractivity contribution is 7.21. The molecule has 0 bridgehead atoms. The van der Waals surface area contributed by atoms with Gasteiger partial charge in [0.15, 0.2) is 0 Å². The summed E-state index contributed by atoms with van der Waals surface area (Å²) in [6.07, 6.45) is 1.90. The van der Waals surface area contributed by atoms with Crippen molar-refractivity contribution < 1.29 is 23.8 Å². The van der Waals surface area contributed by atoms with Gasteiger partial charge in [0.05, 0.1) is 50.0 Å². The minimum atomic E-state index is -1.91. The summed E-state index contributed by atoms with van der Waals surface area (Å²) in [7, 11) is 1.40. The van der Waals surface area contributed by atoms with Crippen LogP contribution in [-0.4, -0.2) is 48.9 Å². The van der Waals surface area contributed by atoms with Crippen LogP contribution in [0, 0.1) is 30.0 Å². The summed E-state index contributed by atoms with van der Waals surface area (Å²) in [6, 6.07) is 5.90. The minimum absolute atomic E-state index is 0.0507. The lowest BCUT2D eigenvalue weighted by Crippen LogP contribution is -2.52. The number of hydrogen-bond acceptors (Lipinski definition) is 9. The molecule has 0 saturated heterocycles. The summed E-state index contributed by atoms with van der Waals surface area (Å²) in [4.78, 5) is 41.4. The van der Waals surface area contributed by atoms with Crippen LogP contribution in [0.2, 0.25) is 0 Å². The number of rotatable bonds is 10. The summed E-state index contributed by atoms with van der Waals surface area (Å²) in [5.41, 5.74) is -2.88. The van der Waals surface area contributed by atoms with Crippen molar-refractivity contribution in [3.63, 3.8) is 0 Å². The molecule has 0 aliphatic heterocycles. The zero-order valence-electron chi connectivity index (χ0n) is 22.4. The molecule has 1 N–H and O–H groups in total. The number of aryl methyl sites for hydroxylation is 1.